The fraction of sp³-hybridized carbons (Fsp3) is 0.520. The molecule has 1 aromatic carbocycles. The fourth-order valence-electron chi connectivity index (χ4n) is 5.14. The first-order valence-corrected chi connectivity index (χ1v) is 12.3. The summed E-state index contributed by atoms with van der Waals surface area (Å²) in [7, 11) is 0. The third kappa shape index (κ3) is 4.68. The maximum atomic E-state index is 11.3. The van der Waals surface area contributed by atoms with Crippen molar-refractivity contribution in [3.8, 4) is 5.82 Å². The van der Waals surface area contributed by atoms with Gasteiger partial charge in [-0.2, -0.15) is 5.10 Å². The molecule has 4 heterocycles. The Morgan fingerprint density at radius 3 is 2.63 bits per heavy atom. The van der Waals surface area contributed by atoms with Gasteiger partial charge in [-0.05, 0) is 48.9 Å². The van der Waals surface area contributed by atoms with E-state index in [0.717, 1.165) is 35.4 Å². The number of likely N-dealkylation sites (tertiary alicyclic amines) is 1. The number of aryl methyl sites for hydroxylation is 2. The second-order valence-corrected chi connectivity index (χ2v) is 9.34. The van der Waals surface area contributed by atoms with E-state index in [4.69, 9.17) is 14.7 Å². The Morgan fingerprint density at radius 2 is 1.91 bits per heavy atom. The third-order valence-electron chi connectivity index (χ3n) is 7.11. The highest BCUT2D eigenvalue weighted by Gasteiger charge is 2.26. The Hall–Kier alpha value is -3.24. The van der Waals surface area contributed by atoms with Crippen molar-refractivity contribution in [2.75, 3.05) is 44.3 Å². The molecule has 0 spiro atoms. The van der Waals surface area contributed by atoms with Crippen LogP contribution in [0.1, 0.15) is 42.6 Å². The fourth-order valence-corrected chi connectivity index (χ4v) is 5.14. The molecule has 0 bridgehead atoms. The molecule has 2 fully saturated rings. The van der Waals surface area contributed by atoms with Crippen LogP contribution in [0.3, 0.4) is 0 Å². The molecule has 186 valence electrons. The maximum Gasteiger partial charge on any atom is 0.407 e. The van der Waals surface area contributed by atoms with Crippen molar-refractivity contribution in [2.45, 2.75) is 45.1 Å². The van der Waals surface area contributed by atoms with Crippen LogP contribution < -0.4 is 4.90 Å². The van der Waals surface area contributed by atoms with Crippen LogP contribution in [0.25, 0.3) is 16.7 Å². The second kappa shape index (κ2) is 9.79. The Morgan fingerprint density at radius 1 is 1.14 bits per heavy atom. The van der Waals surface area contributed by atoms with Crippen LogP contribution in [0, 0.1) is 6.92 Å². The highest BCUT2D eigenvalue weighted by molar-refractivity contribution is 5.82. The maximum absolute atomic E-state index is 11.3. The van der Waals surface area contributed by atoms with Crippen molar-refractivity contribution in [1.82, 2.24) is 24.6 Å². The Balaban J connectivity index is 1.50. The quantitative estimate of drug-likeness (QED) is 0.573. The predicted molar refractivity (Wildman–Crippen MR) is 131 cm³/mol. The molecular weight excluding hydrogens is 448 g/mol. The number of morpholine rings is 1. The first-order chi connectivity index (χ1) is 17.0. The van der Waals surface area contributed by atoms with Crippen LogP contribution in [0.15, 0.2) is 24.4 Å². The molecule has 5 rings (SSSR count). The number of amides is 1. The number of piperidine rings is 1. The van der Waals surface area contributed by atoms with Crippen molar-refractivity contribution in [1.29, 1.82) is 0 Å². The summed E-state index contributed by atoms with van der Waals surface area (Å²) in [5.41, 5.74) is 3.42. The number of carboxylic acid groups (broad SMARTS) is 1. The molecular formula is C25H32N6O4. The minimum absolute atomic E-state index is 0.0214. The molecule has 2 aliphatic heterocycles. The number of aromatic nitrogens is 4. The zero-order valence-corrected chi connectivity index (χ0v) is 20.2. The minimum atomic E-state index is -0.842. The number of anilines is 1. The molecule has 1 atom stereocenters. The molecule has 1 amide bonds. The molecule has 0 unspecified atom stereocenters. The average Bonchev–Trinajstić information content (AvgIpc) is 3.30. The number of aliphatic hydroxyl groups is 1. The summed E-state index contributed by atoms with van der Waals surface area (Å²) in [5.74, 6) is 2.57. The van der Waals surface area contributed by atoms with Gasteiger partial charge < -0.3 is 24.7 Å². The number of nitrogens with zero attached hydrogens (tertiary/aromatic N) is 6. The summed E-state index contributed by atoms with van der Waals surface area (Å²) in [6.07, 6.45) is 3.12. The summed E-state index contributed by atoms with van der Waals surface area (Å²) in [6, 6.07) is 6.31. The van der Waals surface area contributed by atoms with Gasteiger partial charge in [0, 0.05) is 44.1 Å². The van der Waals surface area contributed by atoms with Gasteiger partial charge in [0.15, 0.2) is 5.82 Å². The summed E-state index contributed by atoms with van der Waals surface area (Å²) in [6.45, 7) is 7.06. The van der Waals surface area contributed by atoms with E-state index in [-0.39, 0.29) is 12.7 Å². The standard InChI is InChI=1S/C25H32N6O4/c1-3-22-27-23(30-8-9-35-19(14-30)15-32)12-24(28-22)31-21-11-20(16(2)10-18(21)13-26-31)17-4-6-29(7-5-17)25(33)34/h10-13,17,19,32H,3-9,14-15H2,1-2H3,(H,33,34)/t19-/m1/s1. The van der Waals surface area contributed by atoms with Crippen LogP contribution in [0.2, 0.25) is 0 Å². The van der Waals surface area contributed by atoms with Crippen LogP contribution in [0.5, 0.6) is 0 Å². The van der Waals surface area contributed by atoms with E-state index in [1.54, 1.807) is 0 Å². The van der Waals surface area contributed by atoms with E-state index < -0.39 is 6.09 Å². The topological polar surface area (TPSA) is 117 Å². The van der Waals surface area contributed by atoms with Gasteiger partial charge in [0.1, 0.15) is 11.6 Å². The van der Waals surface area contributed by atoms with Gasteiger partial charge in [-0.25, -0.2) is 19.4 Å². The predicted octanol–water partition coefficient (Wildman–Crippen LogP) is 2.74. The van der Waals surface area contributed by atoms with Crippen LogP contribution in [0.4, 0.5) is 10.6 Å². The number of rotatable bonds is 5. The van der Waals surface area contributed by atoms with Crippen LogP contribution in [-0.2, 0) is 11.2 Å². The van der Waals surface area contributed by atoms with Crippen molar-refractivity contribution >= 4 is 22.8 Å². The molecule has 2 N–H and O–H groups in total. The van der Waals surface area contributed by atoms with Crippen molar-refractivity contribution in [2.24, 2.45) is 0 Å². The summed E-state index contributed by atoms with van der Waals surface area (Å²) in [5, 5.41) is 24.6. The van der Waals surface area contributed by atoms with Gasteiger partial charge in [0.05, 0.1) is 31.0 Å². The van der Waals surface area contributed by atoms with Crippen molar-refractivity contribution in [3.05, 3.63) is 41.3 Å². The van der Waals surface area contributed by atoms with Gasteiger partial charge in [-0.15, -0.1) is 0 Å². The van der Waals surface area contributed by atoms with Crippen LogP contribution in [-0.4, -0.2) is 86.5 Å². The molecule has 0 radical (unpaired) electrons. The normalized spacial score (nSPS) is 19.5. The van der Waals surface area contributed by atoms with Gasteiger partial charge in [-0.1, -0.05) is 6.92 Å². The molecule has 3 aromatic rings. The zero-order chi connectivity index (χ0) is 24.5. The third-order valence-corrected chi connectivity index (χ3v) is 7.11. The lowest BCUT2D eigenvalue weighted by molar-refractivity contribution is 0.00334. The number of benzene rings is 1. The van der Waals surface area contributed by atoms with Gasteiger partial charge in [-0.3, -0.25) is 0 Å². The SMILES string of the molecule is CCc1nc(N2CCO[C@@H](CO)C2)cc(-n2ncc3cc(C)c(C4CCN(C(=O)O)CC4)cc32)n1. The number of fused-ring (bicyclic) bond motifs is 1. The lowest BCUT2D eigenvalue weighted by Crippen LogP contribution is -2.44. The molecule has 10 heteroatoms. The highest BCUT2D eigenvalue weighted by Crippen LogP contribution is 2.33. The Bertz CT molecular complexity index is 1220. The van der Waals surface area contributed by atoms with E-state index >= 15 is 0 Å². The lowest BCUT2D eigenvalue weighted by atomic mass is 9.86. The molecule has 0 saturated carbocycles. The van der Waals surface area contributed by atoms with E-state index in [1.165, 1.54) is 16.0 Å². The van der Waals surface area contributed by atoms with Crippen molar-refractivity contribution in [3.63, 3.8) is 0 Å². The molecule has 35 heavy (non-hydrogen) atoms. The van der Waals surface area contributed by atoms with Crippen molar-refractivity contribution < 1.29 is 19.7 Å². The minimum Gasteiger partial charge on any atom is -0.465 e. The number of ether oxygens (including phenoxy) is 1. The second-order valence-electron chi connectivity index (χ2n) is 9.34. The van der Waals surface area contributed by atoms with Gasteiger partial charge in [0.25, 0.3) is 0 Å². The van der Waals surface area contributed by atoms with E-state index in [2.05, 4.69) is 29.1 Å². The smallest absolute Gasteiger partial charge is 0.407 e. The molecule has 0 aliphatic carbocycles. The van der Waals surface area contributed by atoms with E-state index in [0.29, 0.717) is 50.9 Å². The number of hydrogen-bond donors (Lipinski definition) is 2. The molecule has 10 nitrogen and oxygen atoms in total. The molecule has 2 aromatic heterocycles. The van der Waals surface area contributed by atoms with Gasteiger partial charge >= 0.3 is 6.09 Å². The number of carbonyl (C=O) groups is 1. The average molecular weight is 481 g/mol. The van der Waals surface area contributed by atoms with Gasteiger partial charge in [0.2, 0.25) is 0 Å². The number of aliphatic hydroxyl groups excluding tert-OH is 1. The molecule has 2 aliphatic rings. The highest BCUT2D eigenvalue weighted by atomic mass is 16.5. The van der Waals surface area contributed by atoms with E-state index in [1.807, 2.05) is 23.9 Å². The van der Waals surface area contributed by atoms with Crippen LogP contribution >= 0.6 is 0 Å². The summed E-state index contributed by atoms with van der Waals surface area (Å²) >= 11 is 0. The lowest BCUT2D eigenvalue weighted by Gasteiger charge is -2.33. The Labute approximate surface area is 204 Å². The monoisotopic (exact) mass is 480 g/mol. The summed E-state index contributed by atoms with van der Waals surface area (Å²) in [4.78, 5) is 24.5. The van der Waals surface area contributed by atoms with E-state index in [9.17, 15) is 15.0 Å². The molecule has 2 saturated heterocycles. The number of hydrogen-bond acceptors (Lipinski definition) is 7. The Kier molecular flexibility index (Phi) is 6.57. The first kappa shape index (κ1) is 23.5. The largest absolute Gasteiger partial charge is 0.465 e. The summed E-state index contributed by atoms with van der Waals surface area (Å²) < 4.78 is 7.48. The zero-order valence-electron chi connectivity index (χ0n) is 20.2. The first-order valence-electron chi connectivity index (χ1n) is 12.3.